The summed E-state index contributed by atoms with van der Waals surface area (Å²) in [4.78, 5) is 36.6. The number of carbonyl (C=O) groups is 3. The first-order valence-electron chi connectivity index (χ1n) is 7.32. The molecule has 124 valence electrons. The summed E-state index contributed by atoms with van der Waals surface area (Å²) >= 11 is 0. The van der Waals surface area contributed by atoms with E-state index in [1.807, 2.05) is 0 Å². The lowest BCUT2D eigenvalue weighted by atomic mass is 10.2. The Bertz CT molecular complexity index is 567. The van der Waals surface area contributed by atoms with Gasteiger partial charge in [0, 0.05) is 24.5 Å². The molecular formula is C15H19N3O5. The Balaban J connectivity index is 1.88. The van der Waals surface area contributed by atoms with E-state index < -0.39 is 17.9 Å². The van der Waals surface area contributed by atoms with E-state index in [1.54, 1.807) is 31.2 Å². The van der Waals surface area contributed by atoms with Gasteiger partial charge in [0.1, 0.15) is 0 Å². The second-order valence-electron chi connectivity index (χ2n) is 4.78. The minimum Gasteiger partial charge on any atom is -0.450 e. The van der Waals surface area contributed by atoms with Crippen LogP contribution in [0.5, 0.6) is 0 Å². The molecule has 1 aliphatic rings. The van der Waals surface area contributed by atoms with Crippen LogP contribution in [-0.4, -0.2) is 55.7 Å². The van der Waals surface area contributed by atoms with Gasteiger partial charge < -0.3 is 19.7 Å². The number of nitrogens with zero attached hydrogens (tertiary/aromatic N) is 1. The van der Waals surface area contributed by atoms with Gasteiger partial charge in [-0.1, -0.05) is 0 Å². The van der Waals surface area contributed by atoms with E-state index in [-0.39, 0.29) is 6.61 Å². The molecule has 0 atom stereocenters. The Labute approximate surface area is 133 Å². The summed E-state index contributed by atoms with van der Waals surface area (Å²) < 4.78 is 9.90. The van der Waals surface area contributed by atoms with Crippen LogP contribution in [0.2, 0.25) is 0 Å². The number of morpholine rings is 1. The van der Waals surface area contributed by atoms with Crippen molar-refractivity contribution in [1.29, 1.82) is 0 Å². The molecule has 8 heteroatoms. The quantitative estimate of drug-likeness (QED) is 0.811. The number of rotatable bonds is 3. The predicted octanol–water partition coefficient (Wildman–Crippen LogP) is 1.05. The van der Waals surface area contributed by atoms with E-state index in [9.17, 15) is 14.4 Å². The molecule has 0 radical (unpaired) electrons. The molecular weight excluding hydrogens is 302 g/mol. The van der Waals surface area contributed by atoms with Crippen molar-refractivity contribution < 1.29 is 23.9 Å². The number of nitrogens with one attached hydrogen (secondary N) is 2. The van der Waals surface area contributed by atoms with Crippen LogP contribution >= 0.6 is 0 Å². The molecule has 1 aliphatic heterocycles. The molecule has 3 amide bonds. The third-order valence-electron chi connectivity index (χ3n) is 3.16. The van der Waals surface area contributed by atoms with Crippen LogP contribution in [-0.2, 0) is 19.1 Å². The van der Waals surface area contributed by atoms with Gasteiger partial charge in [-0.3, -0.25) is 14.9 Å². The number of carbonyl (C=O) groups excluding carboxylic acids is 3. The predicted molar refractivity (Wildman–Crippen MR) is 83.1 cm³/mol. The normalized spacial score (nSPS) is 14.0. The molecule has 0 aromatic heterocycles. The van der Waals surface area contributed by atoms with E-state index in [0.29, 0.717) is 37.7 Å². The highest BCUT2D eigenvalue weighted by Gasteiger charge is 2.23. The zero-order valence-corrected chi connectivity index (χ0v) is 12.8. The second kappa shape index (κ2) is 8.14. The van der Waals surface area contributed by atoms with E-state index in [2.05, 4.69) is 10.6 Å². The molecule has 0 aliphatic carbocycles. The first-order chi connectivity index (χ1) is 11.1. The minimum absolute atomic E-state index is 0.281. The fourth-order valence-electron chi connectivity index (χ4n) is 2.02. The maximum absolute atomic E-state index is 12.0. The van der Waals surface area contributed by atoms with Crippen molar-refractivity contribution >= 4 is 29.3 Å². The molecule has 8 nitrogen and oxygen atoms in total. The number of hydrogen-bond donors (Lipinski definition) is 2. The summed E-state index contributed by atoms with van der Waals surface area (Å²) in [5.74, 6) is -1.28. The molecule has 1 fully saturated rings. The fraction of sp³-hybridized carbons (Fsp3) is 0.400. The summed E-state index contributed by atoms with van der Waals surface area (Å²) in [6, 6.07) is 6.38. The monoisotopic (exact) mass is 321 g/mol. The molecule has 2 N–H and O–H groups in total. The largest absolute Gasteiger partial charge is 0.450 e. The average molecular weight is 321 g/mol. The lowest BCUT2D eigenvalue weighted by molar-refractivity contribution is -0.145. The Hall–Kier alpha value is -2.61. The fourth-order valence-corrected chi connectivity index (χ4v) is 2.02. The van der Waals surface area contributed by atoms with Gasteiger partial charge in [0.25, 0.3) is 0 Å². The molecule has 1 saturated heterocycles. The topological polar surface area (TPSA) is 97.0 Å². The van der Waals surface area contributed by atoms with Crippen LogP contribution in [0, 0.1) is 0 Å². The van der Waals surface area contributed by atoms with E-state index in [4.69, 9.17) is 9.47 Å². The number of benzene rings is 1. The molecule has 1 aromatic carbocycles. The molecule has 0 bridgehead atoms. The summed E-state index contributed by atoms with van der Waals surface area (Å²) in [6.45, 7) is 3.69. The Morgan fingerprint density at radius 1 is 1.09 bits per heavy atom. The lowest BCUT2D eigenvalue weighted by Gasteiger charge is -2.26. The number of ether oxygens (including phenoxy) is 2. The second-order valence-corrected chi connectivity index (χ2v) is 4.78. The van der Waals surface area contributed by atoms with E-state index in [0.717, 1.165) is 0 Å². The minimum atomic E-state index is -0.696. The van der Waals surface area contributed by atoms with Crippen molar-refractivity contribution in [2.75, 3.05) is 43.5 Å². The molecule has 23 heavy (non-hydrogen) atoms. The highest BCUT2D eigenvalue weighted by atomic mass is 16.5. The van der Waals surface area contributed by atoms with Crippen LogP contribution in [0.15, 0.2) is 24.3 Å². The van der Waals surface area contributed by atoms with E-state index in [1.165, 1.54) is 4.90 Å². The zero-order chi connectivity index (χ0) is 16.7. The van der Waals surface area contributed by atoms with Crippen LogP contribution < -0.4 is 10.6 Å². The van der Waals surface area contributed by atoms with Crippen LogP contribution in [0.4, 0.5) is 16.2 Å². The van der Waals surface area contributed by atoms with Crippen molar-refractivity contribution in [3.63, 3.8) is 0 Å². The van der Waals surface area contributed by atoms with Crippen LogP contribution in [0.3, 0.4) is 0 Å². The van der Waals surface area contributed by atoms with Gasteiger partial charge in [0.05, 0.1) is 19.8 Å². The lowest BCUT2D eigenvalue weighted by Crippen LogP contribution is -2.45. The third-order valence-corrected chi connectivity index (χ3v) is 3.16. The van der Waals surface area contributed by atoms with Gasteiger partial charge in [-0.15, -0.1) is 0 Å². The summed E-state index contributed by atoms with van der Waals surface area (Å²) in [5.41, 5.74) is 0.993. The molecule has 1 heterocycles. The zero-order valence-electron chi connectivity index (χ0n) is 12.8. The van der Waals surface area contributed by atoms with Crippen molar-refractivity contribution in [2.45, 2.75) is 6.92 Å². The first-order valence-corrected chi connectivity index (χ1v) is 7.32. The molecule has 0 spiro atoms. The Kier molecular flexibility index (Phi) is 5.93. The summed E-state index contributed by atoms with van der Waals surface area (Å²) in [7, 11) is 0. The number of anilines is 2. The third kappa shape index (κ3) is 4.96. The maximum Gasteiger partial charge on any atom is 0.411 e. The smallest absolute Gasteiger partial charge is 0.411 e. The van der Waals surface area contributed by atoms with Crippen molar-refractivity contribution in [2.24, 2.45) is 0 Å². The standard InChI is InChI=1S/C15H19N3O5/c1-2-23-15(21)17-12-5-3-11(4-6-12)16-13(19)14(20)18-7-9-22-10-8-18/h3-6H,2,7-10H2,1H3,(H,16,19)(H,17,21). The highest BCUT2D eigenvalue weighted by molar-refractivity contribution is 6.39. The van der Waals surface area contributed by atoms with Gasteiger partial charge >= 0.3 is 17.9 Å². The highest BCUT2D eigenvalue weighted by Crippen LogP contribution is 2.14. The molecule has 1 aromatic rings. The van der Waals surface area contributed by atoms with Gasteiger partial charge in [0.2, 0.25) is 0 Å². The summed E-state index contributed by atoms with van der Waals surface area (Å²) in [5, 5.41) is 5.06. The number of amides is 3. The molecule has 2 rings (SSSR count). The van der Waals surface area contributed by atoms with Crippen molar-refractivity contribution in [3.05, 3.63) is 24.3 Å². The van der Waals surface area contributed by atoms with Gasteiger partial charge in [-0.25, -0.2) is 4.79 Å². The van der Waals surface area contributed by atoms with Gasteiger partial charge in [-0.2, -0.15) is 0 Å². The van der Waals surface area contributed by atoms with Crippen LogP contribution in [0.1, 0.15) is 6.92 Å². The maximum atomic E-state index is 12.0. The van der Waals surface area contributed by atoms with E-state index >= 15 is 0 Å². The van der Waals surface area contributed by atoms with Crippen LogP contribution in [0.25, 0.3) is 0 Å². The SMILES string of the molecule is CCOC(=O)Nc1ccc(NC(=O)C(=O)N2CCOCC2)cc1. The number of hydrogen-bond acceptors (Lipinski definition) is 5. The first kappa shape index (κ1) is 16.8. The van der Waals surface area contributed by atoms with Gasteiger partial charge in [0.15, 0.2) is 0 Å². The van der Waals surface area contributed by atoms with Crippen molar-refractivity contribution in [1.82, 2.24) is 4.90 Å². The molecule has 0 saturated carbocycles. The molecule has 0 unspecified atom stereocenters. The van der Waals surface area contributed by atoms with Gasteiger partial charge in [-0.05, 0) is 31.2 Å². The Morgan fingerprint density at radius 3 is 2.22 bits per heavy atom. The average Bonchev–Trinajstić information content (AvgIpc) is 2.57. The summed E-state index contributed by atoms with van der Waals surface area (Å²) in [6.07, 6.45) is -0.549. The van der Waals surface area contributed by atoms with Crippen molar-refractivity contribution in [3.8, 4) is 0 Å². The Morgan fingerprint density at radius 2 is 1.65 bits per heavy atom.